The molecule has 6 heteroatoms. The molecule has 1 aromatic heterocycles. The molecule has 2 aromatic rings. The summed E-state index contributed by atoms with van der Waals surface area (Å²) in [5.74, 6) is 0.00533. The van der Waals surface area contributed by atoms with Crippen LogP contribution in [0.5, 0.6) is 0 Å². The molecule has 1 atom stereocenters. The number of Topliss-reactive ketones (excluding diaryl/α,β-unsaturated/α-hetero) is 1. The third kappa shape index (κ3) is 2.62. The molecule has 6 nitrogen and oxygen atoms in total. The quantitative estimate of drug-likeness (QED) is 0.773. The van der Waals surface area contributed by atoms with Crippen molar-refractivity contribution in [2.24, 2.45) is 5.73 Å². The lowest BCUT2D eigenvalue weighted by Crippen LogP contribution is -2.58. The fourth-order valence-corrected chi connectivity index (χ4v) is 2.84. The van der Waals surface area contributed by atoms with Crippen LogP contribution >= 0.6 is 0 Å². The number of hydrogen-bond donors (Lipinski definition) is 3. The minimum absolute atomic E-state index is 0.00533. The number of primary amides is 1. The molecule has 0 saturated carbocycles. The van der Waals surface area contributed by atoms with Crippen LogP contribution in [0.1, 0.15) is 5.56 Å². The number of para-hydroxylation sites is 1. The molecule has 1 unspecified atom stereocenters. The molecule has 110 valence electrons. The predicted molar refractivity (Wildman–Crippen MR) is 80.0 cm³/mol. The third-order valence-corrected chi connectivity index (χ3v) is 3.94. The zero-order valence-corrected chi connectivity index (χ0v) is 11.6. The summed E-state index contributed by atoms with van der Waals surface area (Å²) in [6.45, 7) is 1.60. The highest BCUT2D eigenvalue weighted by Crippen LogP contribution is 2.19. The molecule has 0 bridgehead atoms. The van der Waals surface area contributed by atoms with E-state index < -0.39 is 12.1 Å². The maximum absolute atomic E-state index is 12.5. The average molecular weight is 286 g/mol. The minimum Gasteiger partial charge on any atom is -0.361 e. The molecule has 0 radical (unpaired) electrons. The van der Waals surface area contributed by atoms with E-state index in [-0.39, 0.29) is 5.78 Å². The van der Waals surface area contributed by atoms with Gasteiger partial charge in [0, 0.05) is 43.2 Å². The summed E-state index contributed by atoms with van der Waals surface area (Å²) in [6, 6.07) is 6.84. The zero-order chi connectivity index (χ0) is 14.8. The topological polar surface area (TPSA) is 91.2 Å². The highest BCUT2D eigenvalue weighted by molar-refractivity contribution is 5.94. The van der Waals surface area contributed by atoms with Crippen molar-refractivity contribution in [3.63, 3.8) is 0 Å². The van der Waals surface area contributed by atoms with Crippen molar-refractivity contribution in [1.82, 2.24) is 15.2 Å². The molecule has 1 aliphatic heterocycles. The fraction of sp³-hybridized carbons (Fsp3) is 0.333. The summed E-state index contributed by atoms with van der Waals surface area (Å²) >= 11 is 0. The Hall–Kier alpha value is -2.34. The molecule has 0 spiro atoms. The largest absolute Gasteiger partial charge is 0.361 e. The van der Waals surface area contributed by atoms with Crippen molar-refractivity contribution in [2.45, 2.75) is 12.5 Å². The van der Waals surface area contributed by atoms with Gasteiger partial charge in [-0.2, -0.15) is 0 Å². The molecule has 1 aromatic carbocycles. The minimum atomic E-state index is -0.534. The molecule has 1 fully saturated rings. The summed E-state index contributed by atoms with van der Waals surface area (Å²) in [5.41, 5.74) is 7.32. The van der Waals surface area contributed by atoms with Crippen molar-refractivity contribution in [3.05, 3.63) is 36.0 Å². The standard InChI is InChI=1S/C15H18N4O2/c16-15(21)19-6-5-17-9-13(19)14(20)7-10-8-18-12-4-2-1-3-11(10)12/h1-4,8,13,17-18H,5-7,9H2,(H2,16,21). The average Bonchev–Trinajstić information content (AvgIpc) is 2.90. The fourth-order valence-electron chi connectivity index (χ4n) is 2.84. The first-order valence-corrected chi connectivity index (χ1v) is 7.01. The van der Waals surface area contributed by atoms with Crippen molar-refractivity contribution < 1.29 is 9.59 Å². The summed E-state index contributed by atoms with van der Waals surface area (Å²) in [4.78, 5) is 28.6. The van der Waals surface area contributed by atoms with Gasteiger partial charge in [0.1, 0.15) is 6.04 Å². The van der Waals surface area contributed by atoms with Crippen LogP contribution in [0.2, 0.25) is 0 Å². The number of nitrogens with two attached hydrogens (primary N) is 1. The number of aromatic nitrogens is 1. The van der Waals surface area contributed by atoms with E-state index >= 15 is 0 Å². The number of carbonyl (C=O) groups is 2. The van der Waals surface area contributed by atoms with Gasteiger partial charge in [0.2, 0.25) is 0 Å². The highest BCUT2D eigenvalue weighted by Gasteiger charge is 2.30. The number of fused-ring (bicyclic) bond motifs is 1. The van der Waals surface area contributed by atoms with E-state index in [1.54, 1.807) is 0 Å². The number of ketones is 1. The van der Waals surface area contributed by atoms with E-state index in [0.717, 1.165) is 16.5 Å². The summed E-state index contributed by atoms with van der Waals surface area (Å²) < 4.78 is 0. The molecule has 3 rings (SSSR count). The Morgan fingerprint density at radius 2 is 2.14 bits per heavy atom. The van der Waals surface area contributed by atoms with Crippen LogP contribution in [0.3, 0.4) is 0 Å². The molecule has 2 amide bonds. The van der Waals surface area contributed by atoms with Crippen molar-refractivity contribution in [1.29, 1.82) is 0 Å². The lowest BCUT2D eigenvalue weighted by molar-refractivity contribution is -0.123. The van der Waals surface area contributed by atoms with Crippen LogP contribution in [-0.4, -0.2) is 47.4 Å². The normalized spacial score (nSPS) is 18.9. The number of carbonyl (C=O) groups excluding carboxylic acids is 2. The maximum Gasteiger partial charge on any atom is 0.315 e. The van der Waals surface area contributed by atoms with Gasteiger partial charge >= 0.3 is 6.03 Å². The molecular weight excluding hydrogens is 268 g/mol. The Bertz CT molecular complexity index is 679. The van der Waals surface area contributed by atoms with Gasteiger partial charge < -0.3 is 20.9 Å². The number of piperazine rings is 1. The van der Waals surface area contributed by atoms with Crippen LogP contribution in [0.4, 0.5) is 4.79 Å². The summed E-state index contributed by atoms with van der Waals surface area (Å²) in [7, 11) is 0. The number of hydrogen-bond acceptors (Lipinski definition) is 3. The molecule has 2 heterocycles. The Balaban J connectivity index is 1.80. The second-order valence-electron chi connectivity index (χ2n) is 5.25. The number of aromatic amines is 1. The van der Waals surface area contributed by atoms with Crippen LogP contribution in [0.25, 0.3) is 10.9 Å². The number of benzene rings is 1. The van der Waals surface area contributed by atoms with Gasteiger partial charge in [0.25, 0.3) is 0 Å². The first kappa shape index (κ1) is 13.6. The van der Waals surface area contributed by atoms with Gasteiger partial charge in [-0.25, -0.2) is 4.79 Å². The lowest BCUT2D eigenvalue weighted by atomic mass is 10.0. The second-order valence-corrected chi connectivity index (χ2v) is 5.25. The van der Waals surface area contributed by atoms with E-state index in [1.165, 1.54) is 4.90 Å². The lowest BCUT2D eigenvalue weighted by Gasteiger charge is -2.33. The number of nitrogens with one attached hydrogen (secondary N) is 2. The molecule has 4 N–H and O–H groups in total. The van der Waals surface area contributed by atoms with E-state index in [1.807, 2.05) is 30.5 Å². The van der Waals surface area contributed by atoms with Gasteiger partial charge in [-0.3, -0.25) is 4.79 Å². The number of rotatable bonds is 3. The smallest absolute Gasteiger partial charge is 0.315 e. The Morgan fingerprint density at radius 3 is 2.95 bits per heavy atom. The van der Waals surface area contributed by atoms with Crippen molar-refractivity contribution >= 4 is 22.7 Å². The molecule has 1 saturated heterocycles. The number of nitrogens with zero attached hydrogens (tertiary/aromatic N) is 1. The van der Waals surface area contributed by atoms with Gasteiger partial charge in [-0.1, -0.05) is 18.2 Å². The Labute approximate surface area is 122 Å². The van der Waals surface area contributed by atoms with E-state index in [9.17, 15) is 9.59 Å². The zero-order valence-electron chi connectivity index (χ0n) is 11.6. The van der Waals surface area contributed by atoms with Gasteiger partial charge in [0.05, 0.1) is 0 Å². The first-order chi connectivity index (χ1) is 10.2. The Morgan fingerprint density at radius 1 is 1.33 bits per heavy atom. The number of amides is 2. The summed E-state index contributed by atoms with van der Waals surface area (Å²) in [6.07, 6.45) is 2.15. The van der Waals surface area contributed by atoms with E-state index in [0.29, 0.717) is 26.1 Å². The Kier molecular flexibility index (Phi) is 3.62. The van der Waals surface area contributed by atoms with Gasteiger partial charge in [0.15, 0.2) is 5.78 Å². The van der Waals surface area contributed by atoms with Crippen LogP contribution in [0.15, 0.2) is 30.5 Å². The van der Waals surface area contributed by atoms with Gasteiger partial charge in [-0.05, 0) is 11.6 Å². The van der Waals surface area contributed by atoms with Crippen LogP contribution in [-0.2, 0) is 11.2 Å². The van der Waals surface area contributed by atoms with Crippen molar-refractivity contribution in [2.75, 3.05) is 19.6 Å². The monoisotopic (exact) mass is 286 g/mol. The van der Waals surface area contributed by atoms with Crippen LogP contribution < -0.4 is 11.1 Å². The molecule has 21 heavy (non-hydrogen) atoms. The van der Waals surface area contributed by atoms with E-state index in [4.69, 9.17) is 5.73 Å². The predicted octanol–water partition coefficient (Wildman–Crippen LogP) is 0.632. The molecule has 0 aliphatic carbocycles. The van der Waals surface area contributed by atoms with Crippen LogP contribution in [0, 0.1) is 0 Å². The molecular formula is C15H18N4O2. The SMILES string of the molecule is NC(=O)N1CCNCC1C(=O)Cc1c[nH]c2ccccc12. The highest BCUT2D eigenvalue weighted by atomic mass is 16.2. The number of urea groups is 1. The molecule has 1 aliphatic rings. The maximum atomic E-state index is 12.5. The summed E-state index contributed by atoms with van der Waals surface area (Å²) in [5, 5.41) is 4.18. The van der Waals surface area contributed by atoms with Gasteiger partial charge in [-0.15, -0.1) is 0 Å². The number of H-pyrrole nitrogens is 1. The first-order valence-electron chi connectivity index (χ1n) is 7.01. The third-order valence-electron chi connectivity index (χ3n) is 3.94. The van der Waals surface area contributed by atoms with Crippen molar-refractivity contribution in [3.8, 4) is 0 Å². The van der Waals surface area contributed by atoms with E-state index in [2.05, 4.69) is 10.3 Å². The second kappa shape index (κ2) is 5.57.